The van der Waals surface area contributed by atoms with Gasteiger partial charge in [-0.25, -0.2) is 0 Å². The molecular weight excluding hydrogens is 450 g/mol. The first-order valence-electron chi connectivity index (χ1n) is 7.06. The molecule has 1 aliphatic heterocycles. The highest BCUT2D eigenvalue weighted by Gasteiger charge is 2.29. The second-order valence-electron chi connectivity index (χ2n) is 6.59. The molecule has 18 heavy (non-hydrogen) atoms. The van der Waals surface area contributed by atoms with Crippen molar-refractivity contribution in [1.29, 1.82) is 0 Å². The lowest BCUT2D eigenvalue weighted by Gasteiger charge is -2.40. The Bertz CT molecular complexity index is 212. The maximum Gasteiger partial charge on any atom is 0.0787 e. The van der Waals surface area contributed by atoms with Gasteiger partial charge in [-0.2, -0.15) is 0 Å². The van der Waals surface area contributed by atoms with Crippen molar-refractivity contribution in [3.63, 3.8) is 0 Å². The molecule has 0 aromatic rings. The van der Waals surface area contributed by atoms with E-state index in [4.69, 9.17) is 0 Å². The summed E-state index contributed by atoms with van der Waals surface area (Å²) in [5, 5.41) is 0. The predicted octanol–water partition coefficient (Wildman–Crippen LogP) is -3.64. The Morgan fingerprint density at radius 2 is 1.56 bits per heavy atom. The minimum absolute atomic E-state index is 0. The number of hydrogen-bond donors (Lipinski definition) is 0. The molecule has 0 atom stereocenters. The van der Waals surface area contributed by atoms with Crippen molar-refractivity contribution in [1.82, 2.24) is 0 Å². The van der Waals surface area contributed by atoms with Crippen LogP contribution < -0.4 is 48.0 Å². The van der Waals surface area contributed by atoms with Crippen LogP contribution in [0.15, 0.2) is 0 Å². The van der Waals surface area contributed by atoms with Crippen LogP contribution in [0.25, 0.3) is 0 Å². The van der Waals surface area contributed by atoms with Crippen molar-refractivity contribution in [2.45, 2.75) is 33.1 Å². The zero-order valence-corrected chi connectivity index (χ0v) is 17.2. The van der Waals surface area contributed by atoms with E-state index in [9.17, 15) is 0 Å². The molecule has 1 aliphatic rings. The zero-order valence-electron chi connectivity index (χ0n) is 12.9. The SMILES string of the molecule is CC[N+](C)(C)CCC1CC[N+](C)(CC)CC1.[I-].[I-]. The third kappa shape index (κ3) is 7.24. The van der Waals surface area contributed by atoms with Crippen LogP contribution in [0.3, 0.4) is 0 Å². The van der Waals surface area contributed by atoms with Gasteiger partial charge >= 0.3 is 0 Å². The quantitative estimate of drug-likeness (QED) is 0.281. The molecule has 0 N–H and O–H groups in total. The molecule has 1 rings (SSSR count). The van der Waals surface area contributed by atoms with Crippen molar-refractivity contribution >= 4 is 0 Å². The fourth-order valence-corrected chi connectivity index (χ4v) is 2.54. The van der Waals surface area contributed by atoms with Crippen LogP contribution in [0.4, 0.5) is 0 Å². The second kappa shape index (κ2) is 9.34. The van der Waals surface area contributed by atoms with E-state index in [0.717, 1.165) is 5.92 Å². The van der Waals surface area contributed by atoms with Gasteiger partial charge in [0.25, 0.3) is 0 Å². The topological polar surface area (TPSA) is 0 Å². The molecular formula is C14H32I2N2. The molecule has 1 saturated heterocycles. The minimum atomic E-state index is 0. The molecule has 0 bridgehead atoms. The fraction of sp³-hybridized carbons (Fsp3) is 1.00. The molecule has 1 fully saturated rings. The third-order valence-electron chi connectivity index (χ3n) is 4.92. The second-order valence-corrected chi connectivity index (χ2v) is 6.59. The van der Waals surface area contributed by atoms with Gasteiger partial charge < -0.3 is 56.9 Å². The maximum atomic E-state index is 2.42. The average molecular weight is 482 g/mol. The summed E-state index contributed by atoms with van der Waals surface area (Å²) in [5.74, 6) is 1.00. The Labute approximate surface area is 149 Å². The summed E-state index contributed by atoms with van der Waals surface area (Å²) in [7, 11) is 7.13. The average Bonchev–Trinajstić information content (AvgIpc) is 2.29. The smallest absolute Gasteiger partial charge is 0.0787 e. The Morgan fingerprint density at radius 3 is 1.94 bits per heavy atom. The number of hydrogen-bond acceptors (Lipinski definition) is 0. The highest BCUT2D eigenvalue weighted by Crippen LogP contribution is 2.24. The minimum Gasteiger partial charge on any atom is -1.00 e. The van der Waals surface area contributed by atoms with Gasteiger partial charge in [0.2, 0.25) is 0 Å². The molecule has 0 aromatic carbocycles. The van der Waals surface area contributed by atoms with Gasteiger partial charge in [0.05, 0.1) is 53.9 Å². The third-order valence-corrected chi connectivity index (χ3v) is 4.92. The number of rotatable bonds is 5. The molecule has 0 spiro atoms. The Hall–Kier alpha value is 1.38. The summed E-state index contributed by atoms with van der Waals surface area (Å²) in [4.78, 5) is 0. The molecule has 0 aromatic heterocycles. The van der Waals surface area contributed by atoms with Crippen LogP contribution in [0.2, 0.25) is 0 Å². The molecule has 0 amide bonds. The van der Waals surface area contributed by atoms with Gasteiger partial charge in [0, 0.05) is 0 Å². The van der Waals surface area contributed by atoms with Crippen LogP contribution in [0, 0.1) is 5.92 Å². The lowest BCUT2D eigenvalue weighted by atomic mass is 9.92. The van der Waals surface area contributed by atoms with Gasteiger partial charge in [0.15, 0.2) is 0 Å². The number of likely N-dealkylation sites (tertiary alicyclic amines) is 1. The lowest BCUT2D eigenvalue weighted by molar-refractivity contribution is -0.914. The molecule has 0 unspecified atom stereocenters. The van der Waals surface area contributed by atoms with Crippen LogP contribution in [-0.4, -0.2) is 62.8 Å². The number of halogens is 2. The van der Waals surface area contributed by atoms with E-state index in [1.165, 1.54) is 61.0 Å². The van der Waals surface area contributed by atoms with Gasteiger partial charge in [-0.15, -0.1) is 0 Å². The standard InChI is InChI=1S/C14H32N2.2HI/c1-6-15(3,4)11-8-14-9-12-16(5,7-2)13-10-14;;/h14H,6-13H2,1-5H3;2*1H/q+2;;/p-2. The van der Waals surface area contributed by atoms with Crippen LogP contribution in [0.1, 0.15) is 33.1 Å². The first-order valence-corrected chi connectivity index (χ1v) is 7.06. The van der Waals surface area contributed by atoms with Crippen molar-refractivity contribution in [3.05, 3.63) is 0 Å². The normalized spacial score (nSPS) is 28.2. The maximum absolute atomic E-state index is 2.42. The molecule has 1 heterocycles. The first kappa shape index (κ1) is 21.7. The van der Waals surface area contributed by atoms with E-state index >= 15 is 0 Å². The van der Waals surface area contributed by atoms with E-state index in [1.54, 1.807) is 0 Å². The predicted molar refractivity (Wildman–Crippen MR) is 71.3 cm³/mol. The summed E-state index contributed by atoms with van der Waals surface area (Å²) >= 11 is 0. The highest BCUT2D eigenvalue weighted by molar-refractivity contribution is 4.64. The number of nitrogens with zero attached hydrogens (tertiary/aromatic N) is 2. The van der Waals surface area contributed by atoms with E-state index in [2.05, 4.69) is 35.0 Å². The lowest BCUT2D eigenvalue weighted by Crippen LogP contribution is -3.00. The highest BCUT2D eigenvalue weighted by atomic mass is 127. The summed E-state index contributed by atoms with van der Waals surface area (Å²) in [5.41, 5.74) is 0. The fourth-order valence-electron chi connectivity index (χ4n) is 2.54. The molecule has 2 nitrogen and oxygen atoms in total. The summed E-state index contributed by atoms with van der Waals surface area (Å²) in [6.45, 7) is 11.4. The van der Waals surface area contributed by atoms with Crippen molar-refractivity contribution in [2.24, 2.45) is 5.92 Å². The first-order chi connectivity index (χ1) is 7.41. The number of quaternary nitrogens is 2. The van der Waals surface area contributed by atoms with Gasteiger partial charge in [-0.05, 0) is 39.0 Å². The molecule has 0 saturated carbocycles. The molecule has 112 valence electrons. The Kier molecular flexibility index (Phi) is 11.2. The molecule has 0 aliphatic carbocycles. The summed E-state index contributed by atoms with van der Waals surface area (Å²) < 4.78 is 2.50. The Morgan fingerprint density at radius 1 is 1.06 bits per heavy atom. The van der Waals surface area contributed by atoms with Crippen LogP contribution in [0.5, 0.6) is 0 Å². The van der Waals surface area contributed by atoms with Gasteiger partial charge in [-0.1, -0.05) is 0 Å². The largest absolute Gasteiger partial charge is 1.00 e. The Balaban J connectivity index is 0. The number of piperidine rings is 1. The van der Waals surface area contributed by atoms with Crippen LogP contribution >= 0.6 is 0 Å². The van der Waals surface area contributed by atoms with E-state index < -0.39 is 0 Å². The van der Waals surface area contributed by atoms with Crippen molar-refractivity contribution < 1.29 is 56.9 Å². The summed E-state index contributed by atoms with van der Waals surface area (Å²) in [6.07, 6.45) is 4.34. The van der Waals surface area contributed by atoms with Crippen LogP contribution in [-0.2, 0) is 0 Å². The van der Waals surface area contributed by atoms with Gasteiger partial charge in [0.1, 0.15) is 0 Å². The van der Waals surface area contributed by atoms with E-state index in [-0.39, 0.29) is 48.0 Å². The van der Waals surface area contributed by atoms with E-state index in [1.807, 2.05) is 0 Å². The molecule has 0 radical (unpaired) electrons. The van der Waals surface area contributed by atoms with Crippen molar-refractivity contribution in [2.75, 3.05) is 53.9 Å². The van der Waals surface area contributed by atoms with Crippen molar-refractivity contribution in [3.8, 4) is 0 Å². The summed E-state index contributed by atoms with van der Waals surface area (Å²) in [6, 6.07) is 0. The monoisotopic (exact) mass is 482 g/mol. The zero-order chi connectivity index (χ0) is 12.2. The van der Waals surface area contributed by atoms with E-state index in [0.29, 0.717) is 0 Å². The molecule has 4 heteroatoms. The van der Waals surface area contributed by atoms with Gasteiger partial charge in [-0.3, -0.25) is 0 Å².